The van der Waals surface area contributed by atoms with Gasteiger partial charge in [-0.3, -0.25) is 15.2 Å². The third kappa shape index (κ3) is 3.73. The van der Waals surface area contributed by atoms with Gasteiger partial charge >= 0.3 is 0 Å². The van der Waals surface area contributed by atoms with Gasteiger partial charge in [0.05, 0.1) is 22.0 Å². The molecule has 0 radical (unpaired) electrons. The van der Waals surface area contributed by atoms with E-state index in [0.717, 1.165) is 0 Å². The Labute approximate surface area is 174 Å². The SMILES string of the molecule is Cc1nc2c(N=Nc3ccc(Cl)cc3)c(N)[nH]n2c1N=Nc1ccc([N+](=O)[O-])cc1. The number of hydrogen-bond acceptors (Lipinski definition) is 8. The Morgan fingerprint density at radius 2 is 1.63 bits per heavy atom. The molecule has 0 amide bonds. The summed E-state index contributed by atoms with van der Waals surface area (Å²) in [5, 5.41) is 31.0. The molecule has 0 atom stereocenters. The summed E-state index contributed by atoms with van der Waals surface area (Å²) in [6.45, 7) is 1.77. The molecule has 2 aromatic carbocycles. The number of non-ortho nitro benzene ring substituents is 1. The number of benzene rings is 2. The maximum absolute atomic E-state index is 10.7. The summed E-state index contributed by atoms with van der Waals surface area (Å²) in [7, 11) is 0. The van der Waals surface area contributed by atoms with Crippen LogP contribution in [0.4, 0.5) is 34.4 Å². The lowest BCUT2D eigenvalue weighted by molar-refractivity contribution is -0.384. The number of fused-ring (bicyclic) bond motifs is 1. The molecule has 0 aliphatic rings. The molecular weight excluding hydrogens is 410 g/mol. The van der Waals surface area contributed by atoms with Crippen LogP contribution in [-0.4, -0.2) is 19.5 Å². The molecule has 4 aromatic rings. The monoisotopic (exact) mass is 423 g/mol. The van der Waals surface area contributed by atoms with Gasteiger partial charge in [0.15, 0.2) is 17.2 Å². The van der Waals surface area contributed by atoms with Gasteiger partial charge < -0.3 is 5.73 Å². The van der Waals surface area contributed by atoms with Gasteiger partial charge in [0.25, 0.3) is 5.69 Å². The topological polar surface area (TPSA) is 152 Å². The molecule has 30 heavy (non-hydrogen) atoms. The highest BCUT2D eigenvalue weighted by atomic mass is 35.5. The highest BCUT2D eigenvalue weighted by Crippen LogP contribution is 2.34. The van der Waals surface area contributed by atoms with E-state index in [4.69, 9.17) is 17.3 Å². The molecule has 4 rings (SSSR count). The fourth-order valence-corrected chi connectivity index (χ4v) is 2.78. The predicted molar refractivity (Wildman–Crippen MR) is 112 cm³/mol. The van der Waals surface area contributed by atoms with E-state index in [1.165, 1.54) is 24.3 Å². The first-order chi connectivity index (χ1) is 14.4. The molecule has 150 valence electrons. The van der Waals surface area contributed by atoms with Crippen LogP contribution < -0.4 is 5.73 Å². The number of nitro benzene ring substituents is 1. The molecule has 0 aliphatic heterocycles. The van der Waals surface area contributed by atoms with Crippen molar-refractivity contribution >= 4 is 51.6 Å². The van der Waals surface area contributed by atoms with Gasteiger partial charge in [0.1, 0.15) is 5.82 Å². The first-order valence-corrected chi connectivity index (χ1v) is 9.00. The number of rotatable bonds is 5. The summed E-state index contributed by atoms with van der Waals surface area (Å²) in [4.78, 5) is 14.7. The van der Waals surface area contributed by atoms with E-state index in [1.807, 2.05) is 0 Å². The van der Waals surface area contributed by atoms with Crippen molar-refractivity contribution < 1.29 is 4.92 Å². The lowest BCUT2D eigenvalue weighted by Crippen LogP contribution is -1.88. The van der Waals surface area contributed by atoms with Crippen molar-refractivity contribution in [1.82, 2.24) is 14.6 Å². The van der Waals surface area contributed by atoms with Crippen LogP contribution in [0.3, 0.4) is 0 Å². The number of aromatic amines is 1. The molecule has 11 nitrogen and oxygen atoms in total. The van der Waals surface area contributed by atoms with Crippen molar-refractivity contribution in [3.05, 3.63) is 69.4 Å². The minimum atomic E-state index is -0.479. The number of azo groups is 2. The first-order valence-electron chi connectivity index (χ1n) is 8.62. The van der Waals surface area contributed by atoms with Gasteiger partial charge in [-0.05, 0) is 43.3 Å². The third-order valence-corrected chi connectivity index (χ3v) is 4.38. The summed E-state index contributed by atoms with van der Waals surface area (Å²) in [6, 6.07) is 12.6. The molecular formula is C18H14ClN9O2. The quantitative estimate of drug-likeness (QED) is 0.231. The first kappa shape index (κ1) is 19.2. The van der Waals surface area contributed by atoms with Crippen LogP contribution in [0.2, 0.25) is 5.02 Å². The van der Waals surface area contributed by atoms with Crippen LogP contribution in [0.1, 0.15) is 5.69 Å². The Kier molecular flexibility index (Phi) is 4.94. The number of aromatic nitrogens is 3. The molecule has 3 N–H and O–H groups in total. The Morgan fingerprint density at radius 1 is 1.03 bits per heavy atom. The van der Waals surface area contributed by atoms with Crippen molar-refractivity contribution in [2.75, 3.05) is 5.73 Å². The standard InChI is InChI=1S/C18H14ClN9O2/c1-10-17(25-23-13-6-8-14(9-7-13)28(29)30)27-18(21-10)15(16(20)26-27)24-22-12-4-2-11(19)3-5-12/h2-9,26H,20H2,1H3. The van der Waals surface area contributed by atoms with Crippen LogP contribution in [0, 0.1) is 17.0 Å². The zero-order chi connectivity index (χ0) is 21.3. The van der Waals surface area contributed by atoms with Crippen molar-refractivity contribution in [2.45, 2.75) is 6.92 Å². The summed E-state index contributed by atoms with van der Waals surface area (Å²) in [5.41, 5.74) is 8.48. The molecule has 0 unspecified atom stereocenters. The van der Waals surface area contributed by atoms with Crippen LogP contribution in [0.25, 0.3) is 5.65 Å². The van der Waals surface area contributed by atoms with Crippen molar-refractivity contribution in [1.29, 1.82) is 0 Å². The Bertz CT molecular complexity index is 1290. The molecule has 0 aliphatic carbocycles. The van der Waals surface area contributed by atoms with Gasteiger partial charge in [0.2, 0.25) is 0 Å². The molecule has 2 heterocycles. The van der Waals surface area contributed by atoms with E-state index < -0.39 is 4.92 Å². The molecule has 0 fully saturated rings. The molecule has 0 spiro atoms. The molecule has 2 aromatic heterocycles. The number of hydrogen-bond donors (Lipinski definition) is 2. The van der Waals surface area contributed by atoms with Crippen LogP contribution >= 0.6 is 11.6 Å². The number of nitrogens with one attached hydrogen (secondary N) is 1. The van der Waals surface area contributed by atoms with E-state index in [1.54, 1.807) is 35.7 Å². The largest absolute Gasteiger partial charge is 0.382 e. The number of imidazole rings is 1. The summed E-state index contributed by atoms with van der Waals surface area (Å²) in [5.74, 6) is 0.685. The molecule has 0 bridgehead atoms. The van der Waals surface area contributed by atoms with Gasteiger partial charge in [0, 0.05) is 17.2 Å². The molecule has 0 saturated carbocycles. The van der Waals surface area contributed by atoms with Crippen LogP contribution in [0.15, 0.2) is 69.0 Å². The zero-order valence-corrected chi connectivity index (χ0v) is 16.3. The van der Waals surface area contributed by atoms with Crippen LogP contribution in [0.5, 0.6) is 0 Å². The Morgan fingerprint density at radius 3 is 2.27 bits per heavy atom. The lowest BCUT2D eigenvalue weighted by Gasteiger charge is -1.94. The van der Waals surface area contributed by atoms with Crippen molar-refractivity contribution in [3.63, 3.8) is 0 Å². The van der Waals surface area contributed by atoms with Gasteiger partial charge in [-0.15, -0.1) is 15.3 Å². The summed E-state index contributed by atoms with van der Waals surface area (Å²) < 4.78 is 1.55. The maximum Gasteiger partial charge on any atom is 0.269 e. The van der Waals surface area contributed by atoms with E-state index in [0.29, 0.717) is 39.2 Å². The van der Waals surface area contributed by atoms with Gasteiger partial charge in [-0.1, -0.05) is 11.6 Å². The molecule has 0 saturated heterocycles. The minimum Gasteiger partial charge on any atom is -0.382 e. The number of nitro groups is 1. The smallest absolute Gasteiger partial charge is 0.269 e. The summed E-state index contributed by atoms with van der Waals surface area (Å²) in [6.07, 6.45) is 0. The number of H-pyrrole nitrogens is 1. The normalized spacial score (nSPS) is 11.8. The second-order valence-corrected chi connectivity index (χ2v) is 6.64. The van der Waals surface area contributed by atoms with Crippen molar-refractivity contribution in [3.8, 4) is 0 Å². The second-order valence-electron chi connectivity index (χ2n) is 6.20. The fraction of sp³-hybridized carbons (Fsp3) is 0.0556. The lowest BCUT2D eigenvalue weighted by atomic mass is 10.3. The second kappa shape index (κ2) is 7.72. The van der Waals surface area contributed by atoms with Crippen molar-refractivity contribution in [2.24, 2.45) is 20.5 Å². The number of nitrogen functional groups attached to an aromatic ring is 1. The molecule has 12 heteroatoms. The highest BCUT2D eigenvalue weighted by molar-refractivity contribution is 6.30. The maximum atomic E-state index is 10.7. The number of anilines is 1. The number of aryl methyl sites for hydroxylation is 1. The average molecular weight is 424 g/mol. The number of halogens is 1. The van der Waals surface area contributed by atoms with E-state index in [9.17, 15) is 10.1 Å². The number of nitrogens with two attached hydrogens (primary N) is 1. The zero-order valence-electron chi connectivity index (χ0n) is 15.5. The van der Waals surface area contributed by atoms with Gasteiger partial charge in [-0.2, -0.15) is 5.11 Å². The van der Waals surface area contributed by atoms with Crippen LogP contribution in [-0.2, 0) is 0 Å². The minimum absolute atomic E-state index is 0.0234. The van der Waals surface area contributed by atoms with Gasteiger partial charge in [-0.25, -0.2) is 9.50 Å². The average Bonchev–Trinajstić information content (AvgIpc) is 3.19. The third-order valence-electron chi connectivity index (χ3n) is 4.13. The Hall–Kier alpha value is -4.12. The number of nitrogens with zero attached hydrogens (tertiary/aromatic N) is 7. The Balaban J connectivity index is 1.65. The predicted octanol–water partition coefficient (Wildman–Crippen LogP) is 5.95. The summed E-state index contributed by atoms with van der Waals surface area (Å²) >= 11 is 5.87. The highest BCUT2D eigenvalue weighted by Gasteiger charge is 2.17. The fourth-order valence-electron chi connectivity index (χ4n) is 2.66. The van der Waals surface area contributed by atoms with E-state index >= 15 is 0 Å². The van der Waals surface area contributed by atoms with E-state index in [2.05, 4.69) is 30.5 Å². The van der Waals surface area contributed by atoms with E-state index in [-0.39, 0.29) is 11.5 Å².